The standard InChI is InChI=1S/C34H52N2O4/c1-7-35(8-2)27-33(31(37)39-11-5,29-21-15-13-16-22-29)25-19-20-26-34(32(38)40-12-6,28-36(9-3)10-4)30-23-17-14-18-24-30/h13-18,21-24H,7-12,19-20,25-28H2,1-6H3/t33-,34-/m0/s1. The van der Waals surface area contributed by atoms with E-state index in [2.05, 4.69) is 37.5 Å². The third-order valence-electron chi connectivity index (χ3n) is 8.22. The SMILES string of the molecule is CCOC(=O)[C@@](CCCC[C@@](CN(CC)CC)(C(=O)OCC)c1ccccc1)(CN(CC)CC)c1ccccc1. The fourth-order valence-corrected chi connectivity index (χ4v) is 5.76. The van der Waals surface area contributed by atoms with E-state index in [0.717, 1.165) is 50.1 Å². The Morgan fingerprint density at radius 3 is 1.18 bits per heavy atom. The summed E-state index contributed by atoms with van der Waals surface area (Å²) in [5.74, 6) is -0.341. The molecule has 0 aliphatic heterocycles. The molecule has 2 aromatic rings. The van der Waals surface area contributed by atoms with Crippen LogP contribution >= 0.6 is 0 Å². The van der Waals surface area contributed by atoms with Crippen molar-refractivity contribution in [3.8, 4) is 0 Å². The van der Waals surface area contributed by atoms with Crippen LogP contribution < -0.4 is 0 Å². The first kappa shape index (κ1) is 33.5. The molecular weight excluding hydrogens is 500 g/mol. The smallest absolute Gasteiger partial charge is 0.317 e. The van der Waals surface area contributed by atoms with E-state index in [4.69, 9.17) is 9.47 Å². The summed E-state index contributed by atoms with van der Waals surface area (Å²) in [4.78, 5) is 32.1. The van der Waals surface area contributed by atoms with E-state index < -0.39 is 10.8 Å². The lowest BCUT2D eigenvalue weighted by Gasteiger charge is -2.38. The van der Waals surface area contributed by atoms with Gasteiger partial charge in [-0.05, 0) is 64.0 Å². The van der Waals surface area contributed by atoms with Gasteiger partial charge in [-0.2, -0.15) is 0 Å². The van der Waals surface area contributed by atoms with Crippen molar-refractivity contribution >= 4 is 11.9 Å². The van der Waals surface area contributed by atoms with Gasteiger partial charge in [0.25, 0.3) is 0 Å². The van der Waals surface area contributed by atoms with Gasteiger partial charge in [0.05, 0.1) is 13.2 Å². The maximum atomic E-state index is 13.7. The van der Waals surface area contributed by atoms with Gasteiger partial charge in [0.1, 0.15) is 10.8 Å². The Bertz CT molecular complexity index is 910. The van der Waals surface area contributed by atoms with Gasteiger partial charge in [-0.25, -0.2) is 0 Å². The molecule has 0 saturated carbocycles. The van der Waals surface area contributed by atoms with Crippen LogP contribution in [0.3, 0.4) is 0 Å². The third-order valence-corrected chi connectivity index (χ3v) is 8.22. The van der Waals surface area contributed by atoms with Crippen molar-refractivity contribution in [2.45, 2.75) is 78.1 Å². The Morgan fingerprint density at radius 2 is 0.900 bits per heavy atom. The third kappa shape index (κ3) is 8.40. The first-order valence-corrected chi connectivity index (χ1v) is 15.3. The van der Waals surface area contributed by atoms with E-state index in [1.807, 2.05) is 74.5 Å². The number of benzene rings is 2. The van der Waals surface area contributed by atoms with Crippen LogP contribution in [0.25, 0.3) is 0 Å². The van der Waals surface area contributed by atoms with Gasteiger partial charge in [0.15, 0.2) is 0 Å². The number of likely N-dealkylation sites (N-methyl/N-ethyl adjacent to an activating group) is 2. The summed E-state index contributed by atoms with van der Waals surface area (Å²) in [6, 6.07) is 20.2. The zero-order valence-electron chi connectivity index (χ0n) is 25.8. The van der Waals surface area contributed by atoms with Crippen molar-refractivity contribution in [2.24, 2.45) is 0 Å². The fraction of sp³-hybridized carbons (Fsp3) is 0.588. The number of unbranched alkanes of at least 4 members (excludes halogenated alkanes) is 1. The predicted molar refractivity (Wildman–Crippen MR) is 164 cm³/mol. The maximum absolute atomic E-state index is 13.7. The molecule has 0 bridgehead atoms. The first-order valence-electron chi connectivity index (χ1n) is 15.3. The van der Waals surface area contributed by atoms with Gasteiger partial charge in [-0.3, -0.25) is 9.59 Å². The van der Waals surface area contributed by atoms with Crippen LogP contribution in [0.2, 0.25) is 0 Å². The number of rotatable bonds is 19. The minimum absolute atomic E-state index is 0.170. The largest absolute Gasteiger partial charge is 0.465 e. The van der Waals surface area contributed by atoms with Crippen molar-refractivity contribution in [1.82, 2.24) is 9.80 Å². The summed E-state index contributed by atoms with van der Waals surface area (Å²) >= 11 is 0. The quantitative estimate of drug-likeness (QED) is 0.152. The molecule has 0 radical (unpaired) electrons. The van der Waals surface area contributed by atoms with E-state index in [0.29, 0.717) is 39.1 Å². The van der Waals surface area contributed by atoms with Crippen LogP contribution in [0, 0.1) is 0 Å². The molecule has 40 heavy (non-hydrogen) atoms. The summed E-state index contributed by atoms with van der Waals surface area (Å²) in [6.45, 7) is 17.6. The second kappa shape index (κ2) is 17.2. The lowest BCUT2D eigenvalue weighted by Crippen LogP contribution is -2.48. The first-order chi connectivity index (χ1) is 19.4. The molecule has 6 heteroatoms. The molecule has 0 amide bonds. The Hall–Kier alpha value is -2.70. The molecule has 222 valence electrons. The highest BCUT2D eigenvalue weighted by molar-refractivity contribution is 5.84. The molecule has 0 heterocycles. The molecule has 0 unspecified atom stereocenters. The lowest BCUT2D eigenvalue weighted by atomic mass is 9.72. The molecule has 0 saturated heterocycles. The monoisotopic (exact) mass is 552 g/mol. The predicted octanol–water partition coefficient (Wildman–Crippen LogP) is 6.23. The number of carbonyl (C=O) groups is 2. The molecule has 2 atom stereocenters. The zero-order valence-corrected chi connectivity index (χ0v) is 25.8. The van der Waals surface area contributed by atoms with Gasteiger partial charge < -0.3 is 19.3 Å². The van der Waals surface area contributed by atoms with E-state index in [1.54, 1.807) is 0 Å². The molecule has 0 aliphatic rings. The van der Waals surface area contributed by atoms with E-state index in [1.165, 1.54) is 0 Å². The number of nitrogens with zero attached hydrogens (tertiary/aromatic N) is 2. The second-order valence-corrected chi connectivity index (χ2v) is 10.5. The van der Waals surface area contributed by atoms with E-state index >= 15 is 0 Å². The van der Waals surface area contributed by atoms with Gasteiger partial charge in [-0.1, -0.05) is 101 Å². The van der Waals surface area contributed by atoms with Crippen LogP contribution in [0.5, 0.6) is 0 Å². The van der Waals surface area contributed by atoms with E-state index in [9.17, 15) is 9.59 Å². The van der Waals surface area contributed by atoms with Crippen molar-refractivity contribution in [1.29, 1.82) is 0 Å². The van der Waals surface area contributed by atoms with E-state index in [-0.39, 0.29) is 11.9 Å². The Balaban J connectivity index is 2.45. The van der Waals surface area contributed by atoms with Crippen molar-refractivity contribution in [2.75, 3.05) is 52.5 Å². The number of hydrogen-bond acceptors (Lipinski definition) is 6. The topological polar surface area (TPSA) is 59.1 Å². The summed E-state index contributed by atoms with van der Waals surface area (Å²) in [5.41, 5.74) is 0.426. The molecule has 0 aliphatic carbocycles. The van der Waals surface area contributed by atoms with Gasteiger partial charge in [0.2, 0.25) is 0 Å². The molecule has 0 N–H and O–H groups in total. The lowest BCUT2D eigenvalue weighted by molar-refractivity contribution is -0.153. The molecule has 0 fully saturated rings. The van der Waals surface area contributed by atoms with Crippen LogP contribution in [-0.2, 0) is 29.9 Å². The number of hydrogen-bond donors (Lipinski definition) is 0. The van der Waals surface area contributed by atoms with Crippen LogP contribution in [0.4, 0.5) is 0 Å². The normalized spacial score (nSPS) is 14.5. The van der Waals surface area contributed by atoms with Crippen molar-refractivity contribution in [3.63, 3.8) is 0 Å². The minimum Gasteiger partial charge on any atom is -0.465 e. The van der Waals surface area contributed by atoms with Crippen molar-refractivity contribution in [3.05, 3.63) is 71.8 Å². The Kier molecular flexibility index (Phi) is 14.4. The van der Waals surface area contributed by atoms with Gasteiger partial charge in [0, 0.05) is 13.1 Å². The Labute approximate surface area is 243 Å². The van der Waals surface area contributed by atoms with Crippen LogP contribution in [0.1, 0.15) is 78.4 Å². The summed E-state index contributed by atoms with van der Waals surface area (Å²) in [6.07, 6.45) is 2.85. The average Bonchev–Trinajstić information content (AvgIpc) is 2.99. The number of ether oxygens (including phenoxy) is 2. The summed E-state index contributed by atoms with van der Waals surface area (Å²) in [5, 5.41) is 0. The number of esters is 2. The molecule has 0 spiro atoms. The highest BCUT2D eigenvalue weighted by Gasteiger charge is 2.45. The van der Waals surface area contributed by atoms with Gasteiger partial charge >= 0.3 is 11.9 Å². The molecule has 0 aromatic heterocycles. The van der Waals surface area contributed by atoms with Crippen LogP contribution in [0.15, 0.2) is 60.7 Å². The summed E-state index contributed by atoms with van der Waals surface area (Å²) in [7, 11) is 0. The maximum Gasteiger partial charge on any atom is 0.317 e. The number of carbonyl (C=O) groups excluding carboxylic acids is 2. The zero-order chi connectivity index (χ0) is 29.4. The van der Waals surface area contributed by atoms with Crippen LogP contribution in [-0.4, -0.2) is 74.2 Å². The highest BCUT2D eigenvalue weighted by Crippen LogP contribution is 2.37. The molecule has 2 rings (SSSR count). The molecule has 2 aromatic carbocycles. The average molecular weight is 553 g/mol. The Morgan fingerprint density at radius 1 is 0.575 bits per heavy atom. The molecule has 6 nitrogen and oxygen atoms in total. The highest BCUT2D eigenvalue weighted by atomic mass is 16.5. The minimum atomic E-state index is -0.776. The second-order valence-electron chi connectivity index (χ2n) is 10.5. The van der Waals surface area contributed by atoms with Crippen molar-refractivity contribution < 1.29 is 19.1 Å². The van der Waals surface area contributed by atoms with Gasteiger partial charge in [-0.15, -0.1) is 0 Å². The fourth-order valence-electron chi connectivity index (χ4n) is 5.76. The molecular formula is C34H52N2O4. The summed E-state index contributed by atoms with van der Waals surface area (Å²) < 4.78 is 11.4.